The van der Waals surface area contributed by atoms with Crippen molar-refractivity contribution in [2.45, 2.75) is 13.8 Å². The third kappa shape index (κ3) is 5.41. The van der Waals surface area contributed by atoms with Gasteiger partial charge in [-0.1, -0.05) is 24.3 Å². The predicted octanol–water partition coefficient (Wildman–Crippen LogP) is 5.11. The molecule has 0 unspecified atom stereocenters. The highest BCUT2D eigenvalue weighted by Crippen LogP contribution is 2.28. The average molecular weight is 443 g/mol. The summed E-state index contributed by atoms with van der Waals surface area (Å²) in [7, 11) is 1.58. The van der Waals surface area contributed by atoms with Crippen LogP contribution in [0, 0.1) is 13.8 Å². The third-order valence-electron chi connectivity index (χ3n) is 5.24. The summed E-state index contributed by atoms with van der Waals surface area (Å²) in [5.74, 6) is 1.79. The van der Waals surface area contributed by atoms with Crippen molar-refractivity contribution in [3.63, 3.8) is 0 Å². The summed E-state index contributed by atoms with van der Waals surface area (Å²) in [5.41, 5.74) is 3.98. The Balaban J connectivity index is 1.49. The van der Waals surface area contributed by atoms with Crippen molar-refractivity contribution >= 4 is 17.9 Å². The van der Waals surface area contributed by atoms with E-state index in [-0.39, 0.29) is 11.6 Å². The van der Waals surface area contributed by atoms with Crippen LogP contribution in [-0.4, -0.2) is 32.2 Å². The van der Waals surface area contributed by atoms with Gasteiger partial charge in [-0.3, -0.25) is 0 Å². The van der Waals surface area contributed by atoms with Crippen LogP contribution in [0.4, 0.5) is 0 Å². The van der Waals surface area contributed by atoms with Crippen LogP contribution in [0.1, 0.15) is 22.3 Å². The summed E-state index contributed by atoms with van der Waals surface area (Å²) in [5, 5.41) is 0. The molecule has 3 aromatic carbocycles. The number of carbonyl (C=O) groups excluding carboxylic acids is 1. The summed E-state index contributed by atoms with van der Waals surface area (Å²) < 4.78 is 22.4. The molecule has 6 nitrogen and oxygen atoms in total. The van der Waals surface area contributed by atoms with Crippen LogP contribution in [0.5, 0.6) is 17.2 Å². The fourth-order valence-electron chi connectivity index (χ4n) is 3.27. The molecule has 4 rings (SSSR count). The van der Waals surface area contributed by atoms with Crippen LogP contribution in [0.3, 0.4) is 0 Å². The van der Waals surface area contributed by atoms with Gasteiger partial charge < -0.3 is 18.9 Å². The van der Waals surface area contributed by atoms with Gasteiger partial charge in [0.25, 0.3) is 0 Å². The highest BCUT2D eigenvalue weighted by Gasteiger charge is 2.24. The van der Waals surface area contributed by atoms with Crippen molar-refractivity contribution < 1.29 is 23.7 Å². The highest BCUT2D eigenvalue weighted by molar-refractivity contribution is 6.12. The zero-order valence-electron chi connectivity index (χ0n) is 18.8. The number of nitrogens with zero attached hydrogens (tertiary/aromatic N) is 1. The van der Waals surface area contributed by atoms with Crippen LogP contribution in [-0.2, 0) is 9.53 Å². The van der Waals surface area contributed by atoms with Gasteiger partial charge in [0.2, 0.25) is 5.90 Å². The molecular formula is C27H25NO5. The Hall–Kier alpha value is -4.06. The molecule has 0 amide bonds. The van der Waals surface area contributed by atoms with Gasteiger partial charge in [0, 0.05) is 11.1 Å². The van der Waals surface area contributed by atoms with Crippen molar-refractivity contribution in [1.82, 2.24) is 0 Å². The summed E-state index contributed by atoms with van der Waals surface area (Å²) in [6.07, 6.45) is 1.64. The van der Waals surface area contributed by atoms with E-state index in [1.165, 1.54) is 11.1 Å². The normalized spacial score (nSPS) is 14.1. The molecule has 0 radical (unpaired) electrons. The Kier molecular flexibility index (Phi) is 6.74. The van der Waals surface area contributed by atoms with Crippen LogP contribution < -0.4 is 14.2 Å². The Morgan fingerprint density at radius 1 is 0.879 bits per heavy atom. The van der Waals surface area contributed by atoms with Gasteiger partial charge in [-0.25, -0.2) is 9.79 Å². The smallest absolute Gasteiger partial charge is 0.363 e. The van der Waals surface area contributed by atoms with Crippen molar-refractivity contribution in [2.24, 2.45) is 4.99 Å². The Bertz CT molecular complexity index is 1210. The van der Waals surface area contributed by atoms with Crippen LogP contribution in [0.25, 0.3) is 6.08 Å². The molecule has 0 atom stereocenters. The maximum atomic E-state index is 12.4. The number of esters is 1. The topological polar surface area (TPSA) is 66.3 Å². The lowest BCUT2D eigenvalue weighted by molar-refractivity contribution is -0.129. The molecule has 1 aliphatic heterocycles. The van der Waals surface area contributed by atoms with Crippen molar-refractivity contribution in [3.05, 3.63) is 94.7 Å². The van der Waals surface area contributed by atoms with Gasteiger partial charge in [0.05, 0.1) is 7.11 Å². The number of aliphatic imine (C=N–C) groups is 1. The summed E-state index contributed by atoms with van der Waals surface area (Å²) in [6.45, 7) is 4.83. The Labute approximate surface area is 193 Å². The van der Waals surface area contributed by atoms with E-state index >= 15 is 0 Å². The second-order valence-corrected chi connectivity index (χ2v) is 7.55. The zero-order valence-corrected chi connectivity index (χ0v) is 18.8. The summed E-state index contributed by atoms with van der Waals surface area (Å²) >= 11 is 0. The van der Waals surface area contributed by atoms with Gasteiger partial charge >= 0.3 is 5.97 Å². The first-order valence-electron chi connectivity index (χ1n) is 10.6. The lowest BCUT2D eigenvalue weighted by Gasteiger charge is -2.12. The maximum absolute atomic E-state index is 12.4. The Morgan fingerprint density at radius 2 is 1.64 bits per heavy atom. The number of hydrogen-bond donors (Lipinski definition) is 0. The van der Waals surface area contributed by atoms with E-state index in [4.69, 9.17) is 18.9 Å². The van der Waals surface area contributed by atoms with E-state index in [9.17, 15) is 4.79 Å². The van der Waals surface area contributed by atoms with Crippen molar-refractivity contribution in [3.8, 4) is 17.2 Å². The van der Waals surface area contributed by atoms with Gasteiger partial charge in [-0.05, 0) is 73.5 Å². The standard InChI is InChI=1S/C27H25NO5/c1-18-9-10-23(15-19(18)2)31-13-14-32-25-12-11-22(30-3)16-21(25)17-24-27(29)33-26(28-24)20-7-5-4-6-8-20/h4-12,15-17H,13-14H2,1-3H3. The third-order valence-corrected chi connectivity index (χ3v) is 5.24. The van der Waals surface area contributed by atoms with E-state index in [0.717, 1.165) is 11.3 Å². The molecule has 6 heteroatoms. The Morgan fingerprint density at radius 3 is 2.39 bits per heavy atom. The first-order chi connectivity index (χ1) is 16.0. The quantitative estimate of drug-likeness (QED) is 0.275. The number of ether oxygens (including phenoxy) is 4. The van der Waals surface area contributed by atoms with Crippen molar-refractivity contribution in [2.75, 3.05) is 20.3 Å². The second kappa shape index (κ2) is 10.0. The minimum Gasteiger partial charge on any atom is -0.497 e. The first-order valence-corrected chi connectivity index (χ1v) is 10.6. The number of methoxy groups -OCH3 is 1. The fraction of sp³-hybridized carbons (Fsp3) is 0.185. The molecule has 1 aliphatic rings. The van der Waals surface area contributed by atoms with Gasteiger partial charge in [-0.2, -0.15) is 0 Å². The van der Waals surface area contributed by atoms with Crippen LogP contribution in [0.15, 0.2) is 77.4 Å². The minimum absolute atomic E-state index is 0.193. The molecule has 0 bridgehead atoms. The molecule has 0 N–H and O–H groups in total. The molecular weight excluding hydrogens is 418 g/mol. The molecule has 0 aromatic heterocycles. The molecule has 0 fully saturated rings. The lowest BCUT2D eigenvalue weighted by Crippen LogP contribution is -2.10. The van der Waals surface area contributed by atoms with Gasteiger partial charge in [0.15, 0.2) is 5.70 Å². The SMILES string of the molecule is COc1ccc(OCCOc2ccc(C)c(C)c2)c(C=C2N=C(c3ccccc3)OC2=O)c1. The maximum Gasteiger partial charge on any atom is 0.363 e. The number of cyclic esters (lactones) is 1. The molecule has 1 heterocycles. The van der Waals surface area contributed by atoms with Gasteiger partial charge in [-0.15, -0.1) is 0 Å². The zero-order chi connectivity index (χ0) is 23.2. The molecule has 3 aromatic rings. The largest absolute Gasteiger partial charge is 0.497 e. The monoisotopic (exact) mass is 443 g/mol. The van der Waals surface area contributed by atoms with Crippen LogP contribution >= 0.6 is 0 Å². The fourth-order valence-corrected chi connectivity index (χ4v) is 3.27. The lowest BCUT2D eigenvalue weighted by atomic mass is 10.1. The molecule has 33 heavy (non-hydrogen) atoms. The van der Waals surface area contributed by atoms with E-state index in [1.54, 1.807) is 31.4 Å². The molecule has 0 spiro atoms. The number of hydrogen-bond acceptors (Lipinski definition) is 6. The van der Waals surface area contributed by atoms with Crippen LogP contribution in [0.2, 0.25) is 0 Å². The first kappa shape index (κ1) is 22.1. The average Bonchev–Trinajstić information content (AvgIpc) is 3.20. The van der Waals surface area contributed by atoms with Gasteiger partial charge in [0.1, 0.15) is 30.5 Å². The highest BCUT2D eigenvalue weighted by atomic mass is 16.6. The summed E-state index contributed by atoms with van der Waals surface area (Å²) in [4.78, 5) is 16.8. The molecule has 0 aliphatic carbocycles. The molecule has 0 saturated heterocycles. The number of aryl methyl sites for hydroxylation is 2. The van der Waals surface area contributed by atoms with E-state index in [0.29, 0.717) is 30.3 Å². The summed E-state index contributed by atoms with van der Waals surface area (Å²) in [6, 6.07) is 20.7. The van der Waals surface area contributed by atoms with E-state index in [1.807, 2.05) is 48.5 Å². The number of carbonyl (C=O) groups is 1. The molecule has 168 valence electrons. The second-order valence-electron chi connectivity index (χ2n) is 7.55. The minimum atomic E-state index is -0.513. The van der Waals surface area contributed by atoms with E-state index < -0.39 is 5.97 Å². The number of rotatable bonds is 8. The van der Waals surface area contributed by atoms with E-state index in [2.05, 4.69) is 18.8 Å². The van der Waals surface area contributed by atoms with Crippen molar-refractivity contribution in [1.29, 1.82) is 0 Å². The predicted molar refractivity (Wildman–Crippen MR) is 127 cm³/mol. The number of benzene rings is 3. The molecule has 0 saturated carbocycles.